The molecular weight excluding hydrogens is 228 g/mol. The Hall–Kier alpha value is -0.420. The maximum atomic E-state index is 11.6. The molecule has 0 aromatic carbocycles. The number of carbonyl (C=O) groups excluding carboxylic acids is 1. The van der Waals surface area contributed by atoms with Crippen LogP contribution < -0.4 is 0 Å². The highest BCUT2D eigenvalue weighted by atomic mass is 32.2. The highest BCUT2D eigenvalue weighted by Gasteiger charge is 2.59. The molecule has 5 heteroatoms. The second-order valence-electron chi connectivity index (χ2n) is 5.88. The van der Waals surface area contributed by atoms with Crippen LogP contribution in [0.4, 0.5) is 0 Å². The number of rotatable bonds is 2. The van der Waals surface area contributed by atoms with Crippen molar-refractivity contribution >= 4 is 15.9 Å². The summed E-state index contributed by atoms with van der Waals surface area (Å²) in [6.07, 6.45) is 2.50. The lowest BCUT2D eigenvalue weighted by molar-refractivity contribution is -0.128. The zero-order valence-corrected chi connectivity index (χ0v) is 10.5. The number of carbonyl (C=O) groups is 1. The molecule has 0 radical (unpaired) electrons. The molecule has 2 atom stereocenters. The summed E-state index contributed by atoms with van der Waals surface area (Å²) in [5.41, 5.74) is -0.711. The summed E-state index contributed by atoms with van der Waals surface area (Å²) in [4.78, 5) is 11.6. The minimum atomic E-state index is -4.01. The van der Waals surface area contributed by atoms with Crippen LogP contribution in [0.3, 0.4) is 0 Å². The minimum Gasteiger partial charge on any atom is -0.300 e. The third-order valence-electron chi connectivity index (χ3n) is 4.83. The van der Waals surface area contributed by atoms with Crippen LogP contribution >= 0.6 is 0 Å². The molecule has 2 rings (SSSR count). The fourth-order valence-electron chi connectivity index (χ4n) is 3.62. The standard InChI is InChI=1S/C11H18O4S/c1-10(2)8-3-4-11(10,6-9(12)5-8)7-16(13,14)15/h8H,3-7H2,1-2H3,(H,13,14,15). The number of hydrogen-bond donors (Lipinski definition) is 1. The molecule has 2 saturated carbocycles. The first-order valence-electron chi connectivity index (χ1n) is 5.63. The highest BCUT2D eigenvalue weighted by molar-refractivity contribution is 7.85. The van der Waals surface area contributed by atoms with Crippen molar-refractivity contribution in [2.24, 2.45) is 16.7 Å². The molecule has 2 bridgehead atoms. The quantitative estimate of drug-likeness (QED) is 0.752. The van der Waals surface area contributed by atoms with Crippen LogP contribution in [-0.2, 0) is 14.9 Å². The van der Waals surface area contributed by atoms with Crippen LogP contribution in [0.2, 0.25) is 0 Å². The lowest BCUT2D eigenvalue weighted by atomic mass is 9.59. The van der Waals surface area contributed by atoms with E-state index in [0.717, 1.165) is 12.8 Å². The summed E-state index contributed by atoms with van der Waals surface area (Å²) in [6, 6.07) is 0. The fourth-order valence-corrected chi connectivity index (χ4v) is 4.94. The SMILES string of the molecule is CC1(C)C2CCC1(CS(=O)(=O)O)CC(=O)C2. The predicted octanol–water partition coefficient (Wildman–Crippen LogP) is 1.66. The van der Waals surface area contributed by atoms with Crippen LogP contribution in [0.25, 0.3) is 0 Å². The number of Topliss-reactive ketones (excluding diaryl/α,β-unsaturated/α-hetero) is 1. The van der Waals surface area contributed by atoms with Gasteiger partial charge in [-0.15, -0.1) is 0 Å². The molecule has 0 heterocycles. The van der Waals surface area contributed by atoms with Gasteiger partial charge >= 0.3 is 0 Å². The maximum Gasteiger partial charge on any atom is 0.265 e. The van der Waals surface area contributed by atoms with E-state index in [-0.39, 0.29) is 22.9 Å². The molecule has 2 fully saturated rings. The molecule has 0 aliphatic heterocycles. The fraction of sp³-hybridized carbons (Fsp3) is 0.909. The van der Waals surface area contributed by atoms with Crippen LogP contribution in [-0.4, -0.2) is 24.5 Å². The van der Waals surface area contributed by atoms with Gasteiger partial charge in [0.05, 0.1) is 5.75 Å². The summed E-state index contributed by atoms with van der Waals surface area (Å²) < 4.78 is 31.3. The molecule has 0 spiro atoms. The molecule has 92 valence electrons. The monoisotopic (exact) mass is 246 g/mol. The van der Waals surface area contributed by atoms with E-state index in [1.54, 1.807) is 0 Å². The Morgan fingerprint density at radius 3 is 2.62 bits per heavy atom. The van der Waals surface area contributed by atoms with Crippen LogP contribution in [0.5, 0.6) is 0 Å². The van der Waals surface area contributed by atoms with Gasteiger partial charge in [0.25, 0.3) is 10.1 Å². The van der Waals surface area contributed by atoms with Gasteiger partial charge in [0.2, 0.25) is 0 Å². The van der Waals surface area contributed by atoms with Crippen LogP contribution in [0.1, 0.15) is 39.5 Å². The molecule has 4 nitrogen and oxygen atoms in total. The average molecular weight is 246 g/mol. The van der Waals surface area contributed by atoms with Crippen molar-refractivity contribution in [2.45, 2.75) is 39.5 Å². The molecule has 1 N–H and O–H groups in total. The Bertz CT molecular complexity index is 423. The van der Waals surface area contributed by atoms with E-state index in [2.05, 4.69) is 0 Å². The molecule has 0 amide bonds. The Morgan fingerprint density at radius 1 is 1.44 bits per heavy atom. The van der Waals surface area contributed by atoms with Crippen molar-refractivity contribution in [2.75, 3.05) is 5.75 Å². The maximum absolute atomic E-state index is 11.6. The van der Waals surface area contributed by atoms with Gasteiger partial charge in [0.15, 0.2) is 0 Å². The van der Waals surface area contributed by atoms with Crippen molar-refractivity contribution in [3.63, 3.8) is 0 Å². The lowest BCUT2D eigenvalue weighted by Crippen LogP contribution is -2.47. The van der Waals surface area contributed by atoms with Gasteiger partial charge in [0.1, 0.15) is 5.78 Å². The van der Waals surface area contributed by atoms with Crippen molar-refractivity contribution < 1.29 is 17.8 Å². The van der Waals surface area contributed by atoms with Gasteiger partial charge in [-0.2, -0.15) is 8.42 Å². The molecule has 16 heavy (non-hydrogen) atoms. The third kappa shape index (κ3) is 1.70. The summed E-state index contributed by atoms with van der Waals surface area (Å²) in [5, 5.41) is 0. The summed E-state index contributed by atoms with van der Waals surface area (Å²) in [7, 11) is -4.01. The van der Waals surface area contributed by atoms with E-state index >= 15 is 0 Å². The molecule has 0 aromatic heterocycles. The van der Waals surface area contributed by atoms with Gasteiger partial charge in [-0.3, -0.25) is 9.35 Å². The second-order valence-corrected chi connectivity index (χ2v) is 7.34. The predicted molar refractivity (Wildman–Crippen MR) is 59.6 cm³/mol. The Labute approximate surface area is 96.2 Å². The molecular formula is C11H18O4S. The van der Waals surface area contributed by atoms with Crippen LogP contribution in [0, 0.1) is 16.7 Å². The van der Waals surface area contributed by atoms with Crippen molar-refractivity contribution in [1.82, 2.24) is 0 Å². The molecule has 2 unspecified atom stereocenters. The molecule has 0 aromatic rings. The van der Waals surface area contributed by atoms with E-state index < -0.39 is 15.5 Å². The van der Waals surface area contributed by atoms with E-state index in [4.69, 9.17) is 4.55 Å². The van der Waals surface area contributed by atoms with E-state index in [0.29, 0.717) is 12.8 Å². The van der Waals surface area contributed by atoms with Crippen molar-refractivity contribution in [3.8, 4) is 0 Å². The van der Waals surface area contributed by atoms with Gasteiger partial charge in [-0.1, -0.05) is 13.8 Å². The first-order valence-corrected chi connectivity index (χ1v) is 7.24. The Balaban J connectivity index is 2.40. The zero-order chi connectivity index (χ0) is 12.2. The summed E-state index contributed by atoms with van der Waals surface area (Å²) in [5.74, 6) is 0.149. The first kappa shape index (κ1) is 12.0. The second kappa shape index (κ2) is 3.29. The smallest absolute Gasteiger partial charge is 0.265 e. The number of ketones is 1. The Kier molecular flexibility index (Phi) is 2.48. The summed E-state index contributed by atoms with van der Waals surface area (Å²) >= 11 is 0. The topological polar surface area (TPSA) is 71.4 Å². The van der Waals surface area contributed by atoms with E-state index in [1.807, 2.05) is 13.8 Å². The Morgan fingerprint density at radius 2 is 2.06 bits per heavy atom. The average Bonchev–Trinajstić information content (AvgIpc) is 2.27. The van der Waals surface area contributed by atoms with Gasteiger partial charge in [-0.25, -0.2) is 0 Å². The van der Waals surface area contributed by atoms with E-state index in [1.165, 1.54) is 0 Å². The van der Waals surface area contributed by atoms with Gasteiger partial charge in [0, 0.05) is 12.8 Å². The molecule has 0 saturated heterocycles. The third-order valence-corrected chi connectivity index (χ3v) is 5.74. The van der Waals surface area contributed by atoms with Crippen molar-refractivity contribution in [1.29, 1.82) is 0 Å². The van der Waals surface area contributed by atoms with E-state index in [9.17, 15) is 13.2 Å². The molecule has 2 aliphatic carbocycles. The largest absolute Gasteiger partial charge is 0.300 e. The van der Waals surface area contributed by atoms with Gasteiger partial charge in [-0.05, 0) is 29.6 Å². The molecule has 2 aliphatic rings. The number of fused-ring (bicyclic) bond motifs is 2. The normalized spacial score (nSPS) is 37.7. The zero-order valence-electron chi connectivity index (χ0n) is 9.69. The number of hydrogen-bond acceptors (Lipinski definition) is 3. The highest BCUT2D eigenvalue weighted by Crippen LogP contribution is 2.62. The summed E-state index contributed by atoms with van der Waals surface area (Å²) in [6.45, 7) is 4.06. The van der Waals surface area contributed by atoms with Crippen LogP contribution in [0.15, 0.2) is 0 Å². The van der Waals surface area contributed by atoms with Gasteiger partial charge < -0.3 is 0 Å². The lowest BCUT2D eigenvalue weighted by Gasteiger charge is -2.46. The van der Waals surface area contributed by atoms with Crippen molar-refractivity contribution in [3.05, 3.63) is 0 Å². The first-order chi connectivity index (χ1) is 7.16. The minimum absolute atomic E-state index is 0.144.